The predicted molar refractivity (Wildman–Crippen MR) is 87.5 cm³/mol. The van der Waals surface area contributed by atoms with Gasteiger partial charge in [0.25, 0.3) is 0 Å². The Bertz CT molecular complexity index is 769. The molecule has 0 radical (unpaired) electrons. The number of fused-ring (bicyclic) bond motifs is 1. The molecule has 0 aliphatic carbocycles. The van der Waals surface area contributed by atoms with Crippen LogP contribution in [-0.2, 0) is 0 Å². The fourth-order valence-corrected chi connectivity index (χ4v) is 4.10. The van der Waals surface area contributed by atoms with E-state index in [2.05, 4.69) is 48.5 Å². The smallest absolute Gasteiger partial charge is 0.418 e. The third-order valence-corrected chi connectivity index (χ3v) is 5.41. The SMILES string of the molecule is COc1ccc(-c2ccc3ccccc3[se+]2)cc1.F[B-](F)(F)F. The fraction of sp³-hybridized carbons (Fsp3) is 0.0625. The van der Waals surface area contributed by atoms with Crippen LogP contribution >= 0.6 is 0 Å². The molecule has 3 aromatic rings. The maximum absolute atomic E-state index is 9.75. The zero-order valence-electron chi connectivity index (χ0n) is 12.2. The van der Waals surface area contributed by atoms with Gasteiger partial charge in [-0.05, 0) is 0 Å². The molecule has 7 heteroatoms. The first-order chi connectivity index (χ1) is 10.9. The maximum Gasteiger partial charge on any atom is 0.673 e. The average Bonchev–Trinajstić information content (AvgIpc) is 2.53. The van der Waals surface area contributed by atoms with Gasteiger partial charge in [0.15, 0.2) is 0 Å². The molecule has 0 unspecified atom stereocenters. The van der Waals surface area contributed by atoms with E-state index in [0.29, 0.717) is 14.5 Å². The van der Waals surface area contributed by atoms with Crippen molar-refractivity contribution >= 4 is 31.4 Å². The number of rotatable bonds is 2. The standard InChI is InChI=1S/C16H13OSe.BF4/c1-17-14-9-6-13(7-10-14)16-11-8-12-4-2-3-5-15(12)18-16;2-1(3,4)5/h2-11H,1H3;/q+1;-1. The number of methoxy groups -OCH3 is 1. The summed E-state index contributed by atoms with van der Waals surface area (Å²) in [6.07, 6.45) is 0. The van der Waals surface area contributed by atoms with Gasteiger partial charge >= 0.3 is 120 Å². The minimum Gasteiger partial charge on any atom is -0.418 e. The number of hydrogen-bond donors (Lipinski definition) is 0. The molecule has 0 aliphatic heterocycles. The van der Waals surface area contributed by atoms with Crippen molar-refractivity contribution in [2.75, 3.05) is 7.11 Å². The molecular weight excluding hydrogens is 374 g/mol. The van der Waals surface area contributed by atoms with Gasteiger partial charge in [0, 0.05) is 0 Å². The van der Waals surface area contributed by atoms with E-state index in [1.54, 1.807) is 7.11 Å². The molecule has 0 saturated heterocycles. The first-order valence-electron chi connectivity index (χ1n) is 6.70. The van der Waals surface area contributed by atoms with Gasteiger partial charge in [-0.2, -0.15) is 0 Å². The second-order valence-electron chi connectivity index (χ2n) is 4.56. The van der Waals surface area contributed by atoms with Crippen LogP contribution < -0.4 is 4.74 Å². The monoisotopic (exact) mass is 388 g/mol. The topological polar surface area (TPSA) is 9.23 Å². The Morgan fingerprint density at radius 1 is 0.826 bits per heavy atom. The zero-order valence-corrected chi connectivity index (χ0v) is 13.9. The molecule has 120 valence electrons. The minimum absolute atomic E-state index is 0.389. The molecular formula is C16H13BF4OSe. The summed E-state index contributed by atoms with van der Waals surface area (Å²) in [7, 11) is -4.30. The average molecular weight is 387 g/mol. The fourth-order valence-electron chi connectivity index (χ4n) is 1.94. The summed E-state index contributed by atoms with van der Waals surface area (Å²) in [4.78, 5) is 0. The Labute approximate surface area is 137 Å². The number of ether oxygens (including phenoxy) is 1. The van der Waals surface area contributed by atoms with E-state index in [0.717, 1.165) is 5.75 Å². The third kappa shape index (κ3) is 5.69. The third-order valence-electron chi connectivity index (χ3n) is 2.93. The largest absolute Gasteiger partial charge is 0.673 e. The Morgan fingerprint density at radius 3 is 2.04 bits per heavy atom. The Morgan fingerprint density at radius 2 is 1.43 bits per heavy atom. The molecule has 0 spiro atoms. The summed E-state index contributed by atoms with van der Waals surface area (Å²) < 4.78 is 47.1. The first-order valence-corrected chi connectivity index (χ1v) is 8.42. The van der Waals surface area contributed by atoms with Crippen LogP contribution in [-0.4, -0.2) is 28.9 Å². The molecule has 1 aromatic heterocycles. The quantitative estimate of drug-likeness (QED) is 0.437. The Balaban J connectivity index is 0.000000338. The van der Waals surface area contributed by atoms with Crippen LogP contribution in [0, 0.1) is 0 Å². The van der Waals surface area contributed by atoms with Crippen molar-refractivity contribution < 1.29 is 22.0 Å². The van der Waals surface area contributed by atoms with Crippen molar-refractivity contribution in [3.8, 4) is 15.8 Å². The van der Waals surface area contributed by atoms with E-state index in [1.807, 2.05) is 12.1 Å². The molecule has 0 amide bonds. The number of halogens is 4. The Kier molecular flexibility index (Phi) is 5.80. The van der Waals surface area contributed by atoms with Crippen LogP contribution in [0.3, 0.4) is 0 Å². The van der Waals surface area contributed by atoms with Gasteiger partial charge < -0.3 is 17.3 Å². The second-order valence-corrected chi connectivity index (χ2v) is 6.83. The minimum atomic E-state index is -6.00. The van der Waals surface area contributed by atoms with Crippen LogP contribution in [0.2, 0.25) is 0 Å². The van der Waals surface area contributed by atoms with E-state index in [1.165, 1.54) is 19.6 Å². The van der Waals surface area contributed by atoms with Gasteiger partial charge in [0.1, 0.15) is 0 Å². The summed E-state index contributed by atoms with van der Waals surface area (Å²) in [5.74, 6) is 0.909. The zero-order chi connectivity index (χ0) is 16.9. The molecule has 0 atom stereocenters. The molecule has 0 bridgehead atoms. The van der Waals surface area contributed by atoms with Crippen molar-refractivity contribution in [3.05, 3.63) is 60.7 Å². The van der Waals surface area contributed by atoms with Crippen LogP contribution in [0.1, 0.15) is 0 Å². The molecule has 23 heavy (non-hydrogen) atoms. The Hall–Kier alpha value is -1.85. The summed E-state index contributed by atoms with van der Waals surface area (Å²) >= 11 is 0.389. The first kappa shape index (κ1) is 17.5. The second kappa shape index (κ2) is 7.62. The summed E-state index contributed by atoms with van der Waals surface area (Å²) in [6.45, 7) is 0. The molecule has 2 aromatic carbocycles. The number of hydrogen-bond acceptors (Lipinski definition) is 1. The van der Waals surface area contributed by atoms with Crippen LogP contribution in [0.5, 0.6) is 5.75 Å². The van der Waals surface area contributed by atoms with Gasteiger partial charge in [-0.25, -0.2) is 0 Å². The molecule has 1 heterocycles. The normalized spacial score (nSPS) is 10.8. The molecule has 0 fully saturated rings. The maximum atomic E-state index is 9.75. The van der Waals surface area contributed by atoms with Crippen molar-refractivity contribution in [1.82, 2.24) is 0 Å². The molecule has 0 aliphatic rings. The van der Waals surface area contributed by atoms with E-state index in [4.69, 9.17) is 4.74 Å². The van der Waals surface area contributed by atoms with E-state index in [-0.39, 0.29) is 0 Å². The van der Waals surface area contributed by atoms with Crippen molar-refractivity contribution in [3.63, 3.8) is 0 Å². The molecule has 0 saturated carbocycles. The van der Waals surface area contributed by atoms with E-state index in [9.17, 15) is 17.3 Å². The summed E-state index contributed by atoms with van der Waals surface area (Å²) in [5, 5.41) is 1.36. The van der Waals surface area contributed by atoms with Crippen molar-refractivity contribution in [2.45, 2.75) is 0 Å². The summed E-state index contributed by atoms with van der Waals surface area (Å²) in [6, 6.07) is 21.4. The van der Waals surface area contributed by atoms with Crippen LogP contribution in [0.4, 0.5) is 17.3 Å². The molecule has 3 rings (SSSR count). The van der Waals surface area contributed by atoms with Gasteiger partial charge in [0.2, 0.25) is 0 Å². The molecule has 1 nitrogen and oxygen atoms in total. The van der Waals surface area contributed by atoms with Gasteiger partial charge in [-0.1, -0.05) is 0 Å². The van der Waals surface area contributed by atoms with Crippen LogP contribution in [0.25, 0.3) is 19.6 Å². The predicted octanol–water partition coefficient (Wildman–Crippen LogP) is 5.15. The van der Waals surface area contributed by atoms with Gasteiger partial charge in [0.05, 0.1) is 0 Å². The van der Waals surface area contributed by atoms with Crippen molar-refractivity contribution in [2.24, 2.45) is 0 Å². The van der Waals surface area contributed by atoms with Crippen LogP contribution in [0.15, 0.2) is 60.7 Å². The van der Waals surface area contributed by atoms with E-state index < -0.39 is 7.25 Å². The molecule has 0 N–H and O–H groups in total. The van der Waals surface area contributed by atoms with Crippen molar-refractivity contribution in [1.29, 1.82) is 0 Å². The number of benzene rings is 2. The van der Waals surface area contributed by atoms with E-state index >= 15 is 0 Å². The van der Waals surface area contributed by atoms with Gasteiger partial charge in [-0.15, -0.1) is 0 Å². The summed E-state index contributed by atoms with van der Waals surface area (Å²) in [5.41, 5.74) is 1.29. The van der Waals surface area contributed by atoms with Gasteiger partial charge in [-0.3, -0.25) is 0 Å².